The van der Waals surface area contributed by atoms with Crippen LogP contribution in [0, 0.1) is 46.3 Å². The Kier molecular flexibility index (Phi) is 21.7. The Morgan fingerprint density at radius 2 is 1.13 bits per heavy atom. The third kappa shape index (κ3) is 15.6. The molecule has 0 aromatic heterocycles. The molecule has 18 heteroatoms. The Hall–Kier alpha value is -5.16. The largest absolute Gasteiger partial charge is 0.491 e. The highest BCUT2D eigenvalue weighted by atomic mass is 19.4. The molecule has 0 spiro atoms. The van der Waals surface area contributed by atoms with Crippen molar-refractivity contribution in [1.82, 2.24) is 4.90 Å². The standard InChI is InChI=1S/C60H81F6NO11/c1-7-9-11-13-15-17-33-67(34-18-16-14-12-10-8-2)51(69)30-19-38(3)46-28-29-47-52-48(37-50(58(46,47)6)78-54(71)41-22-26-44(27-23-41)76-56(73)60(64,65)66)57(5)32-31-45(74-39(4)68)35-42(57)36-49(52)77-53(70)40-20-24-43(25-21-40)75-55(72)59(61,62)63/h20-27,38,42,45-50,52H,7-19,28-37H2,1-6H3/t38-,42+,45-,46-,47+,48+,49-,50+,52+,57+,58-/m1/s1. The highest BCUT2D eigenvalue weighted by molar-refractivity contribution is 5.90. The molecule has 4 saturated carbocycles. The summed E-state index contributed by atoms with van der Waals surface area (Å²) in [5, 5.41) is 0. The van der Waals surface area contributed by atoms with Crippen LogP contribution in [0.4, 0.5) is 26.3 Å². The van der Waals surface area contributed by atoms with Gasteiger partial charge in [0.2, 0.25) is 5.91 Å². The molecule has 0 radical (unpaired) electrons. The summed E-state index contributed by atoms with van der Waals surface area (Å²) in [6, 6.07) is 9.30. The van der Waals surface area contributed by atoms with Gasteiger partial charge in [-0.05, 0) is 148 Å². The van der Waals surface area contributed by atoms with E-state index in [9.17, 15) is 55.1 Å². The van der Waals surface area contributed by atoms with Gasteiger partial charge in [0.1, 0.15) is 29.8 Å². The lowest BCUT2D eigenvalue weighted by atomic mass is 9.43. The Morgan fingerprint density at radius 3 is 1.63 bits per heavy atom. The number of carbonyl (C=O) groups is 6. The number of nitrogens with zero attached hydrogens (tertiary/aromatic N) is 1. The molecule has 4 fully saturated rings. The maximum Gasteiger partial charge on any atom is 0.491 e. The van der Waals surface area contributed by atoms with Gasteiger partial charge in [0.05, 0.1) is 11.1 Å². The Labute approximate surface area is 455 Å². The van der Waals surface area contributed by atoms with Crippen molar-refractivity contribution in [1.29, 1.82) is 0 Å². The fourth-order valence-corrected chi connectivity index (χ4v) is 14.0. The number of rotatable bonds is 25. The zero-order valence-electron chi connectivity index (χ0n) is 46.3. The molecule has 4 aliphatic carbocycles. The van der Waals surface area contributed by atoms with Crippen LogP contribution in [0.1, 0.15) is 197 Å². The number of fused-ring (bicyclic) bond motifs is 5. The van der Waals surface area contributed by atoms with E-state index in [1.165, 1.54) is 56.9 Å². The number of ether oxygens (including phenoxy) is 5. The SMILES string of the molecule is CCCCCCCCN(CCCCCCCC)C(=O)CC[C@@H](C)[C@H]1CC[C@H]2[C@@H]3[C@H](OC(=O)c4ccc(OC(=O)C(F)(F)F)cc4)C[C@@H]4C[C@H](OC(C)=O)CC[C@]4(C)[C@H]3C[C@H](OC(=O)c3ccc(OC(=O)C(F)(F)F)cc3)[C@]12C. The second kappa shape index (κ2) is 27.3. The predicted octanol–water partition coefficient (Wildman–Crippen LogP) is 14.1. The first kappa shape index (κ1) is 62.0. The lowest BCUT2D eigenvalue weighted by Crippen LogP contribution is -2.63. The van der Waals surface area contributed by atoms with Gasteiger partial charge in [0.25, 0.3) is 0 Å². The first-order valence-electron chi connectivity index (χ1n) is 28.6. The third-order valence-corrected chi connectivity index (χ3v) is 18.1. The maximum absolute atomic E-state index is 14.4. The second-order valence-electron chi connectivity index (χ2n) is 23.1. The number of halogens is 6. The van der Waals surface area contributed by atoms with Gasteiger partial charge in [-0.2, -0.15) is 26.3 Å². The van der Waals surface area contributed by atoms with E-state index in [0.717, 1.165) is 75.6 Å². The molecule has 12 nitrogen and oxygen atoms in total. The molecule has 0 aliphatic heterocycles. The van der Waals surface area contributed by atoms with E-state index in [0.29, 0.717) is 70.9 Å². The molecule has 0 N–H and O–H groups in total. The first-order valence-corrected chi connectivity index (χ1v) is 28.6. The van der Waals surface area contributed by atoms with Crippen LogP contribution in [0.2, 0.25) is 0 Å². The van der Waals surface area contributed by atoms with Crippen molar-refractivity contribution >= 4 is 35.8 Å². The summed E-state index contributed by atoms with van der Waals surface area (Å²) in [7, 11) is 0. The molecule has 11 atom stereocenters. The van der Waals surface area contributed by atoms with Crippen LogP contribution < -0.4 is 9.47 Å². The summed E-state index contributed by atoms with van der Waals surface area (Å²) in [4.78, 5) is 80.4. The quantitative estimate of drug-likeness (QED) is 0.0307. The summed E-state index contributed by atoms with van der Waals surface area (Å²) in [6.45, 7) is 13.6. The van der Waals surface area contributed by atoms with Gasteiger partial charge in [0, 0.05) is 37.8 Å². The summed E-state index contributed by atoms with van der Waals surface area (Å²) >= 11 is 0. The van der Waals surface area contributed by atoms with E-state index in [-0.39, 0.29) is 52.5 Å². The zero-order valence-corrected chi connectivity index (χ0v) is 46.3. The average molecular weight is 1110 g/mol. The molecule has 0 heterocycles. The van der Waals surface area contributed by atoms with Crippen LogP contribution in [0.15, 0.2) is 48.5 Å². The topological polar surface area (TPSA) is 152 Å². The van der Waals surface area contributed by atoms with E-state index in [2.05, 4.69) is 44.1 Å². The van der Waals surface area contributed by atoms with Crippen molar-refractivity contribution in [2.75, 3.05) is 13.1 Å². The summed E-state index contributed by atoms with van der Waals surface area (Å²) < 4.78 is 106. The van der Waals surface area contributed by atoms with Crippen molar-refractivity contribution in [3.8, 4) is 11.5 Å². The Balaban J connectivity index is 1.31. The second-order valence-corrected chi connectivity index (χ2v) is 23.1. The zero-order chi connectivity index (χ0) is 57.0. The van der Waals surface area contributed by atoms with Crippen molar-refractivity contribution < 1.29 is 78.8 Å². The number of unbranched alkanes of at least 4 members (excludes halogenated alkanes) is 10. The van der Waals surface area contributed by atoms with E-state index in [1.807, 2.05) is 4.90 Å². The van der Waals surface area contributed by atoms with Crippen LogP contribution in [0.3, 0.4) is 0 Å². The number of hydrogen-bond acceptors (Lipinski definition) is 11. The van der Waals surface area contributed by atoms with Crippen LogP contribution >= 0.6 is 0 Å². The normalized spacial score (nSPS) is 27.0. The number of amides is 1. The van der Waals surface area contributed by atoms with Gasteiger partial charge >= 0.3 is 42.2 Å². The third-order valence-electron chi connectivity index (χ3n) is 18.1. The fourth-order valence-electron chi connectivity index (χ4n) is 14.0. The van der Waals surface area contributed by atoms with Gasteiger partial charge in [-0.3, -0.25) is 9.59 Å². The smallest absolute Gasteiger partial charge is 0.463 e. The summed E-state index contributed by atoms with van der Waals surface area (Å²) in [5.74, 6) is -8.38. The fraction of sp³-hybridized carbons (Fsp3) is 0.700. The van der Waals surface area contributed by atoms with E-state index < -0.39 is 82.8 Å². The molecule has 6 rings (SSSR count). The summed E-state index contributed by atoms with van der Waals surface area (Å²) in [5.41, 5.74) is -1.14. The highest BCUT2D eigenvalue weighted by Gasteiger charge is 2.68. The summed E-state index contributed by atoms with van der Waals surface area (Å²) in [6.07, 6.45) is 5.78. The molecule has 0 bridgehead atoms. The average Bonchev–Trinajstić information content (AvgIpc) is 3.98. The minimum Gasteiger partial charge on any atom is -0.463 e. The molecular weight excluding hydrogens is 1020 g/mol. The first-order chi connectivity index (χ1) is 36.9. The van der Waals surface area contributed by atoms with Crippen LogP contribution in [0.25, 0.3) is 0 Å². The number of carbonyl (C=O) groups excluding carboxylic acids is 6. The lowest BCUT2D eigenvalue weighted by molar-refractivity contribution is -0.209. The molecule has 4 aliphatic rings. The van der Waals surface area contributed by atoms with Crippen LogP contribution in [0.5, 0.6) is 11.5 Å². The van der Waals surface area contributed by atoms with Gasteiger partial charge < -0.3 is 28.6 Å². The van der Waals surface area contributed by atoms with Crippen molar-refractivity contribution in [3.05, 3.63) is 59.7 Å². The number of alkyl halides is 6. The Morgan fingerprint density at radius 1 is 0.628 bits per heavy atom. The van der Waals surface area contributed by atoms with Gasteiger partial charge in [0.15, 0.2) is 0 Å². The van der Waals surface area contributed by atoms with Crippen molar-refractivity contribution in [2.45, 2.75) is 207 Å². The molecule has 1 amide bonds. The number of benzene rings is 2. The van der Waals surface area contributed by atoms with Gasteiger partial charge in [-0.15, -0.1) is 0 Å². The Bertz CT molecular complexity index is 2330. The number of hydrogen-bond donors (Lipinski definition) is 0. The monoisotopic (exact) mass is 1110 g/mol. The molecule has 2 aromatic rings. The van der Waals surface area contributed by atoms with E-state index >= 15 is 0 Å². The van der Waals surface area contributed by atoms with E-state index in [4.69, 9.17) is 14.2 Å². The predicted molar refractivity (Wildman–Crippen MR) is 278 cm³/mol. The van der Waals surface area contributed by atoms with Gasteiger partial charge in [-0.1, -0.05) is 98.8 Å². The van der Waals surface area contributed by atoms with Crippen molar-refractivity contribution in [2.24, 2.45) is 46.3 Å². The molecule has 78 heavy (non-hydrogen) atoms. The molecule has 2 aromatic carbocycles. The molecule has 0 saturated heterocycles. The molecule has 434 valence electrons. The lowest BCUT2D eigenvalue weighted by Gasteiger charge is -2.64. The molecule has 0 unspecified atom stereocenters. The minimum absolute atomic E-state index is 0.0160. The maximum atomic E-state index is 14.4. The minimum atomic E-state index is -5.23. The van der Waals surface area contributed by atoms with Crippen LogP contribution in [-0.2, 0) is 33.4 Å². The molecular formula is C60H81F6NO11. The highest BCUT2D eigenvalue weighted by Crippen LogP contribution is 2.69. The van der Waals surface area contributed by atoms with Gasteiger partial charge in [-0.25, -0.2) is 19.2 Å². The van der Waals surface area contributed by atoms with Crippen LogP contribution in [-0.4, -0.2) is 84.4 Å². The van der Waals surface area contributed by atoms with Crippen molar-refractivity contribution in [3.63, 3.8) is 0 Å². The van der Waals surface area contributed by atoms with E-state index in [1.54, 1.807) is 0 Å². The number of esters is 5.